The summed E-state index contributed by atoms with van der Waals surface area (Å²) < 4.78 is 14.6. The zero-order valence-corrected chi connectivity index (χ0v) is 11.2. The SMILES string of the molecule is O=C(O)[C@H]1O[C@H](O[C@@H]2[C@@H](O)[C@@H](O)OC[C@H]2O)[C@H](O)[C@@H](O)[C@@H]1O. The van der Waals surface area contributed by atoms with Gasteiger partial charge in [0.2, 0.25) is 0 Å². The Morgan fingerprint density at radius 1 is 0.955 bits per heavy atom. The van der Waals surface area contributed by atoms with Gasteiger partial charge in [-0.3, -0.25) is 0 Å². The van der Waals surface area contributed by atoms with Crippen LogP contribution in [0, 0.1) is 0 Å². The molecule has 2 rings (SSSR count). The molecule has 0 aromatic rings. The average Bonchev–Trinajstić information content (AvgIpc) is 2.47. The molecule has 2 fully saturated rings. The van der Waals surface area contributed by atoms with Crippen LogP contribution in [0.5, 0.6) is 0 Å². The monoisotopic (exact) mass is 326 g/mol. The summed E-state index contributed by atoms with van der Waals surface area (Å²) in [6.45, 7) is -0.376. The van der Waals surface area contributed by atoms with E-state index in [0.29, 0.717) is 0 Å². The lowest BCUT2D eigenvalue weighted by Crippen LogP contribution is -2.63. The number of aliphatic hydroxyl groups excluding tert-OH is 6. The molecule has 0 aromatic carbocycles. The molecule has 22 heavy (non-hydrogen) atoms. The van der Waals surface area contributed by atoms with E-state index in [1.165, 1.54) is 0 Å². The van der Waals surface area contributed by atoms with Crippen molar-refractivity contribution in [3.05, 3.63) is 0 Å². The Kier molecular flexibility index (Phi) is 5.32. The van der Waals surface area contributed by atoms with E-state index in [1.807, 2.05) is 0 Å². The molecule has 11 nitrogen and oxygen atoms in total. The second-order valence-corrected chi connectivity index (χ2v) is 5.12. The molecule has 0 bridgehead atoms. The second kappa shape index (κ2) is 6.70. The van der Waals surface area contributed by atoms with E-state index in [9.17, 15) is 35.4 Å². The number of ether oxygens (including phenoxy) is 3. The highest BCUT2D eigenvalue weighted by Crippen LogP contribution is 2.26. The Morgan fingerprint density at radius 2 is 1.59 bits per heavy atom. The van der Waals surface area contributed by atoms with Crippen molar-refractivity contribution in [3.63, 3.8) is 0 Å². The van der Waals surface area contributed by atoms with Gasteiger partial charge in [-0.25, -0.2) is 4.79 Å². The maximum Gasteiger partial charge on any atom is 0.335 e. The Bertz CT molecular complexity index is 403. The highest BCUT2D eigenvalue weighted by Gasteiger charge is 2.50. The molecule has 2 aliphatic heterocycles. The van der Waals surface area contributed by atoms with Gasteiger partial charge in [0.05, 0.1) is 6.61 Å². The van der Waals surface area contributed by atoms with Crippen LogP contribution in [0.15, 0.2) is 0 Å². The Hall–Kier alpha value is -0.890. The number of aliphatic hydroxyl groups is 6. The van der Waals surface area contributed by atoms with Crippen LogP contribution in [0.1, 0.15) is 0 Å². The van der Waals surface area contributed by atoms with Crippen molar-refractivity contribution in [2.24, 2.45) is 0 Å². The van der Waals surface area contributed by atoms with Crippen LogP contribution in [-0.4, -0.2) is 104 Å². The van der Waals surface area contributed by atoms with Crippen LogP contribution in [0.2, 0.25) is 0 Å². The van der Waals surface area contributed by atoms with Crippen LogP contribution >= 0.6 is 0 Å². The molecule has 9 atom stereocenters. The standard InChI is InChI=1S/C11H18O11/c12-2-1-20-10(19)6(16)7(2)21-11-5(15)3(13)4(14)8(22-11)9(17)18/h2-8,10-16,19H,1H2,(H,17,18)/t2-,3+,4+,5-,6-,7+,8+,10+,11+/m1/s1. The van der Waals surface area contributed by atoms with Gasteiger partial charge < -0.3 is 50.0 Å². The maximum atomic E-state index is 10.9. The highest BCUT2D eigenvalue weighted by atomic mass is 16.7. The van der Waals surface area contributed by atoms with E-state index < -0.39 is 61.3 Å². The van der Waals surface area contributed by atoms with Gasteiger partial charge in [-0.05, 0) is 0 Å². The van der Waals surface area contributed by atoms with Crippen LogP contribution in [0.3, 0.4) is 0 Å². The Labute approximate surface area is 123 Å². The Balaban J connectivity index is 2.11. The molecule has 0 amide bonds. The van der Waals surface area contributed by atoms with Gasteiger partial charge >= 0.3 is 5.97 Å². The first kappa shape index (κ1) is 17.5. The van der Waals surface area contributed by atoms with E-state index >= 15 is 0 Å². The van der Waals surface area contributed by atoms with E-state index in [2.05, 4.69) is 4.74 Å². The van der Waals surface area contributed by atoms with Crippen molar-refractivity contribution in [2.45, 2.75) is 55.3 Å². The fourth-order valence-corrected chi connectivity index (χ4v) is 2.27. The molecule has 0 unspecified atom stereocenters. The first-order valence-corrected chi connectivity index (χ1v) is 6.47. The van der Waals surface area contributed by atoms with Gasteiger partial charge in [-0.1, -0.05) is 0 Å². The first-order valence-electron chi connectivity index (χ1n) is 6.47. The number of carboxylic acid groups (broad SMARTS) is 1. The smallest absolute Gasteiger partial charge is 0.335 e. The van der Waals surface area contributed by atoms with Crippen molar-refractivity contribution in [1.82, 2.24) is 0 Å². The fourth-order valence-electron chi connectivity index (χ4n) is 2.27. The zero-order chi connectivity index (χ0) is 16.6. The van der Waals surface area contributed by atoms with Crippen molar-refractivity contribution in [2.75, 3.05) is 6.61 Å². The lowest BCUT2D eigenvalue weighted by atomic mass is 9.98. The number of carbonyl (C=O) groups is 1. The normalized spacial score (nSPS) is 49.8. The molecule has 2 saturated heterocycles. The highest BCUT2D eigenvalue weighted by molar-refractivity contribution is 5.73. The van der Waals surface area contributed by atoms with Gasteiger partial charge in [0.25, 0.3) is 0 Å². The maximum absolute atomic E-state index is 10.9. The minimum absolute atomic E-state index is 0.376. The minimum Gasteiger partial charge on any atom is -0.479 e. The van der Waals surface area contributed by atoms with Gasteiger partial charge in [0.15, 0.2) is 18.7 Å². The topological polar surface area (TPSA) is 186 Å². The predicted molar refractivity (Wildman–Crippen MR) is 63.2 cm³/mol. The first-order chi connectivity index (χ1) is 10.2. The van der Waals surface area contributed by atoms with Gasteiger partial charge in [-0.2, -0.15) is 0 Å². The van der Waals surface area contributed by atoms with Crippen LogP contribution in [0.25, 0.3) is 0 Å². The summed E-state index contributed by atoms with van der Waals surface area (Å²) >= 11 is 0. The molecule has 0 aliphatic carbocycles. The molecule has 0 saturated carbocycles. The summed E-state index contributed by atoms with van der Waals surface area (Å²) in [7, 11) is 0. The Morgan fingerprint density at radius 3 is 2.18 bits per heavy atom. The fraction of sp³-hybridized carbons (Fsp3) is 0.909. The van der Waals surface area contributed by atoms with E-state index in [1.54, 1.807) is 0 Å². The molecule has 0 radical (unpaired) electrons. The number of hydrogen-bond donors (Lipinski definition) is 7. The van der Waals surface area contributed by atoms with Gasteiger partial charge in [0, 0.05) is 0 Å². The van der Waals surface area contributed by atoms with Crippen LogP contribution in [-0.2, 0) is 19.0 Å². The van der Waals surface area contributed by atoms with Crippen molar-refractivity contribution in [3.8, 4) is 0 Å². The van der Waals surface area contributed by atoms with E-state index in [-0.39, 0.29) is 6.61 Å². The number of carboxylic acids is 1. The van der Waals surface area contributed by atoms with Crippen molar-refractivity contribution >= 4 is 5.97 Å². The zero-order valence-electron chi connectivity index (χ0n) is 11.2. The summed E-state index contributed by atoms with van der Waals surface area (Å²) in [6.07, 6.45) is -15.4. The van der Waals surface area contributed by atoms with Crippen molar-refractivity contribution in [1.29, 1.82) is 0 Å². The van der Waals surface area contributed by atoms with Gasteiger partial charge in [-0.15, -0.1) is 0 Å². The molecule has 128 valence electrons. The molecular formula is C11H18O11. The minimum atomic E-state index is -1.89. The summed E-state index contributed by atoms with van der Waals surface area (Å²) in [5.41, 5.74) is 0. The third-order valence-corrected chi connectivity index (χ3v) is 3.55. The third kappa shape index (κ3) is 3.22. The van der Waals surface area contributed by atoms with Crippen LogP contribution < -0.4 is 0 Å². The average molecular weight is 326 g/mol. The number of rotatable bonds is 3. The molecule has 0 aromatic heterocycles. The molecular weight excluding hydrogens is 308 g/mol. The van der Waals surface area contributed by atoms with Crippen LogP contribution in [0.4, 0.5) is 0 Å². The largest absolute Gasteiger partial charge is 0.479 e. The summed E-state index contributed by atoms with van der Waals surface area (Å²) in [4.78, 5) is 10.9. The lowest BCUT2D eigenvalue weighted by Gasteiger charge is -2.42. The molecule has 11 heteroatoms. The van der Waals surface area contributed by atoms with Gasteiger partial charge in [0.1, 0.15) is 36.6 Å². The number of aliphatic carboxylic acids is 1. The van der Waals surface area contributed by atoms with E-state index in [0.717, 1.165) is 0 Å². The van der Waals surface area contributed by atoms with E-state index in [4.69, 9.17) is 14.6 Å². The summed E-state index contributed by atoms with van der Waals surface area (Å²) in [6, 6.07) is 0. The number of hydrogen-bond acceptors (Lipinski definition) is 10. The summed E-state index contributed by atoms with van der Waals surface area (Å²) in [5.74, 6) is -1.60. The molecule has 0 spiro atoms. The van der Waals surface area contributed by atoms with Crippen molar-refractivity contribution < 1.29 is 54.8 Å². The molecule has 2 heterocycles. The molecule has 7 N–H and O–H groups in total. The predicted octanol–water partition coefficient (Wildman–Crippen LogP) is -4.67. The second-order valence-electron chi connectivity index (χ2n) is 5.12. The summed E-state index contributed by atoms with van der Waals surface area (Å²) in [5, 5.41) is 66.5. The molecule has 2 aliphatic rings. The quantitative estimate of drug-likeness (QED) is 0.264. The third-order valence-electron chi connectivity index (χ3n) is 3.55. The lowest BCUT2D eigenvalue weighted by molar-refractivity contribution is -0.340.